The molecule has 0 aromatic rings. The number of hydrogen-bond acceptors (Lipinski definition) is 2. The van der Waals surface area contributed by atoms with Crippen LogP contribution in [0.4, 0.5) is 0 Å². The molecule has 0 heterocycles. The van der Waals surface area contributed by atoms with Crippen LogP contribution in [0.1, 0.15) is 6.42 Å². The van der Waals surface area contributed by atoms with Gasteiger partial charge in [0.2, 0.25) is 0 Å². The minimum atomic E-state index is -0.754. The molecule has 5 atom stereocenters. The maximum absolute atomic E-state index is 11.2. The number of ketones is 1. The van der Waals surface area contributed by atoms with Gasteiger partial charge in [0, 0.05) is 11.8 Å². The summed E-state index contributed by atoms with van der Waals surface area (Å²) in [5, 5.41) is 8.77. The lowest BCUT2D eigenvalue weighted by Crippen LogP contribution is -2.19. The van der Waals surface area contributed by atoms with Crippen molar-refractivity contribution in [2.24, 2.45) is 29.6 Å². The average molecular weight is 152 g/mol. The van der Waals surface area contributed by atoms with Gasteiger partial charge in [-0.2, -0.15) is 0 Å². The summed E-state index contributed by atoms with van der Waals surface area (Å²) >= 11 is 0. The molecule has 0 aliphatic heterocycles. The standard InChI is InChI=1S/C8H8O3/c9-7-3-1-2-4(5(2)7)6(3)8(10)11/h2-6H,1H2,(H,10,11)/t2-,3-,4-,5-,6-/m0/s1. The van der Waals surface area contributed by atoms with E-state index in [-0.39, 0.29) is 29.5 Å². The molecule has 0 saturated heterocycles. The van der Waals surface area contributed by atoms with Crippen LogP contribution >= 0.6 is 0 Å². The van der Waals surface area contributed by atoms with Crippen molar-refractivity contribution < 1.29 is 14.7 Å². The summed E-state index contributed by atoms with van der Waals surface area (Å²) in [4.78, 5) is 21.9. The van der Waals surface area contributed by atoms with E-state index in [1.807, 2.05) is 0 Å². The van der Waals surface area contributed by atoms with Crippen molar-refractivity contribution in [3.8, 4) is 0 Å². The molecule has 1 N–H and O–H groups in total. The minimum Gasteiger partial charge on any atom is -0.481 e. The van der Waals surface area contributed by atoms with Crippen LogP contribution in [0.15, 0.2) is 0 Å². The van der Waals surface area contributed by atoms with Crippen LogP contribution in [0.5, 0.6) is 0 Å². The number of hydrogen-bond donors (Lipinski definition) is 1. The van der Waals surface area contributed by atoms with Gasteiger partial charge in [-0.05, 0) is 18.3 Å². The van der Waals surface area contributed by atoms with Crippen molar-refractivity contribution in [1.29, 1.82) is 0 Å². The molecule has 0 aromatic carbocycles. The van der Waals surface area contributed by atoms with Gasteiger partial charge >= 0.3 is 5.97 Å². The molecule has 11 heavy (non-hydrogen) atoms. The van der Waals surface area contributed by atoms with Crippen molar-refractivity contribution >= 4 is 11.8 Å². The highest BCUT2D eigenvalue weighted by molar-refractivity contribution is 5.98. The zero-order chi connectivity index (χ0) is 7.75. The fraction of sp³-hybridized carbons (Fsp3) is 0.750. The summed E-state index contributed by atoms with van der Waals surface area (Å²) in [6.45, 7) is 0. The fourth-order valence-electron chi connectivity index (χ4n) is 3.18. The van der Waals surface area contributed by atoms with Gasteiger partial charge in [0.05, 0.1) is 5.92 Å². The van der Waals surface area contributed by atoms with Crippen molar-refractivity contribution in [1.82, 2.24) is 0 Å². The van der Waals surface area contributed by atoms with E-state index in [0.717, 1.165) is 6.42 Å². The first-order valence-electron chi connectivity index (χ1n) is 3.98. The predicted octanol–water partition coefficient (Wildman–Crippen LogP) is 0.152. The lowest BCUT2D eigenvalue weighted by atomic mass is 9.98. The Labute approximate surface area is 63.4 Å². The molecule has 4 bridgehead atoms. The summed E-state index contributed by atoms with van der Waals surface area (Å²) in [6, 6.07) is 0. The van der Waals surface area contributed by atoms with Crippen LogP contribution in [-0.2, 0) is 9.59 Å². The summed E-state index contributed by atoms with van der Waals surface area (Å²) in [5.74, 6) is -0.0482. The van der Waals surface area contributed by atoms with Crippen LogP contribution in [0.2, 0.25) is 0 Å². The van der Waals surface area contributed by atoms with Crippen LogP contribution in [-0.4, -0.2) is 16.9 Å². The molecule has 4 aliphatic carbocycles. The largest absolute Gasteiger partial charge is 0.481 e. The monoisotopic (exact) mass is 152 g/mol. The van der Waals surface area contributed by atoms with Crippen molar-refractivity contribution in [2.45, 2.75) is 6.42 Å². The molecule has 4 saturated carbocycles. The van der Waals surface area contributed by atoms with Gasteiger partial charge < -0.3 is 5.11 Å². The SMILES string of the molecule is O=C(O)[C@@H]1[C@H]2[C@@H]3C[C@@H]1C(=O)[C@@H]32. The van der Waals surface area contributed by atoms with E-state index >= 15 is 0 Å². The highest BCUT2D eigenvalue weighted by Crippen LogP contribution is 2.71. The Bertz CT molecular complexity index is 271. The van der Waals surface area contributed by atoms with E-state index in [2.05, 4.69) is 0 Å². The second-order valence-electron chi connectivity index (χ2n) is 3.88. The number of rotatable bonds is 1. The third kappa shape index (κ3) is 0.424. The first-order valence-corrected chi connectivity index (χ1v) is 3.98. The average Bonchev–Trinajstić information content (AvgIpc) is 2.33. The molecule has 0 unspecified atom stereocenters. The van der Waals surface area contributed by atoms with E-state index in [9.17, 15) is 9.59 Å². The van der Waals surface area contributed by atoms with E-state index in [1.165, 1.54) is 0 Å². The number of carboxylic acids is 1. The van der Waals surface area contributed by atoms with Crippen LogP contribution in [0.25, 0.3) is 0 Å². The number of carbonyl (C=O) groups is 2. The van der Waals surface area contributed by atoms with Crippen molar-refractivity contribution in [3.63, 3.8) is 0 Å². The number of carbonyl (C=O) groups excluding carboxylic acids is 1. The summed E-state index contributed by atoms with van der Waals surface area (Å²) in [5.41, 5.74) is 0. The third-order valence-corrected chi connectivity index (χ3v) is 3.58. The Morgan fingerprint density at radius 1 is 1.55 bits per heavy atom. The van der Waals surface area contributed by atoms with E-state index in [0.29, 0.717) is 5.92 Å². The molecule has 4 fully saturated rings. The molecule has 0 spiro atoms. The Balaban J connectivity index is 2.03. The van der Waals surface area contributed by atoms with Gasteiger partial charge in [0.25, 0.3) is 0 Å². The Morgan fingerprint density at radius 3 is 2.45 bits per heavy atom. The van der Waals surface area contributed by atoms with Gasteiger partial charge in [-0.15, -0.1) is 0 Å². The molecule has 0 radical (unpaired) electrons. The third-order valence-electron chi connectivity index (χ3n) is 3.58. The van der Waals surface area contributed by atoms with Crippen LogP contribution in [0.3, 0.4) is 0 Å². The molecule has 3 heteroatoms. The highest BCUT2D eigenvalue weighted by atomic mass is 16.4. The summed E-state index contributed by atoms with van der Waals surface area (Å²) < 4.78 is 0. The zero-order valence-corrected chi connectivity index (χ0v) is 5.86. The first-order chi connectivity index (χ1) is 5.22. The molecule has 4 rings (SSSR count). The molecule has 0 aromatic heterocycles. The maximum atomic E-state index is 11.2. The predicted molar refractivity (Wildman–Crippen MR) is 34.7 cm³/mol. The Hall–Kier alpha value is -0.860. The number of Topliss-reactive ketones (excluding diaryl/α,β-unsaturated/α-hetero) is 1. The van der Waals surface area contributed by atoms with Crippen molar-refractivity contribution in [3.05, 3.63) is 0 Å². The number of aliphatic carboxylic acids is 1. The lowest BCUT2D eigenvalue weighted by molar-refractivity contribution is -0.144. The van der Waals surface area contributed by atoms with Gasteiger partial charge in [0.1, 0.15) is 5.78 Å². The number of carboxylic acid groups (broad SMARTS) is 1. The maximum Gasteiger partial charge on any atom is 0.307 e. The highest BCUT2D eigenvalue weighted by Gasteiger charge is 2.75. The lowest BCUT2D eigenvalue weighted by Gasteiger charge is -2.05. The van der Waals surface area contributed by atoms with Gasteiger partial charge in [0.15, 0.2) is 0 Å². The molecular formula is C8H8O3. The van der Waals surface area contributed by atoms with E-state index in [4.69, 9.17) is 5.11 Å². The minimum absolute atomic E-state index is 0.104. The Morgan fingerprint density at radius 2 is 2.27 bits per heavy atom. The molecule has 3 nitrogen and oxygen atoms in total. The molecular weight excluding hydrogens is 144 g/mol. The van der Waals surface area contributed by atoms with Gasteiger partial charge in [-0.25, -0.2) is 0 Å². The van der Waals surface area contributed by atoms with E-state index in [1.54, 1.807) is 0 Å². The second-order valence-corrected chi connectivity index (χ2v) is 3.88. The van der Waals surface area contributed by atoms with Crippen LogP contribution < -0.4 is 0 Å². The Kier molecular flexibility index (Phi) is 0.708. The summed E-state index contributed by atoms with van der Waals surface area (Å²) in [7, 11) is 0. The van der Waals surface area contributed by atoms with Gasteiger partial charge in [-0.3, -0.25) is 9.59 Å². The normalized spacial score (nSPS) is 56.7. The fourth-order valence-corrected chi connectivity index (χ4v) is 3.18. The summed E-state index contributed by atoms with van der Waals surface area (Å²) in [6.07, 6.45) is 0.866. The molecule has 58 valence electrons. The smallest absolute Gasteiger partial charge is 0.307 e. The first kappa shape index (κ1) is 5.75. The quantitative estimate of drug-likeness (QED) is 0.582. The van der Waals surface area contributed by atoms with Gasteiger partial charge in [-0.1, -0.05) is 0 Å². The van der Waals surface area contributed by atoms with E-state index < -0.39 is 5.97 Å². The molecule has 0 amide bonds. The zero-order valence-electron chi connectivity index (χ0n) is 5.86. The van der Waals surface area contributed by atoms with Crippen molar-refractivity contribution in [2.75, 3.05) is 0 Å². The topological polar surface area (TPSA) is 54.4 Å². The second kappa shape index (κ2) is 1.36. The molecule has 4 aliphatic rings. The van der Waals surface area contributed by atoms with Crippen LogP contribution in [0, 0.1) is 29.6 Å².